The molecule has 1 N–H and O–H groups in total. The highest BCUT2D eigenvalue weighted by atomic mass is 16.4. The van der Waals surface area contributed by atoms with E-state index < -0.39 is 6.09 Å². The SMILES string of the molecule is CC(C)(C)C1N(C(=O)O)CC12CCC(=O)CC2. The van der Waals surface area contributed by atoms with Crippen molar-refractivity contribution in [3.05, 3.63) is 0 Å². The van der Waals surface area contributed by atoms with Crippen molar-refractivity contribution < 1.29 is 14.7 Å². The molecule has 2 rings (SSSR count). The van der Waals surface area contributed by atoms with Crippen LogP contribution in [0.15, 0.2) is 0 Å². The molecule has 0 radical (unpaired) electrons. The highest BCUT2D eigenvalue weighted by Gasteiger charge is 2.59. The van der Waals surface area contributed by atoms with Gasteiger partial charge >= 0.3 is 6.09 Å². The highest BCUT2D eigenvalue weighted by Crippen LogP contribution is 2.54. The fourth-order valence-electron chi connectivity index (χ4n) is 3.76. The molecular formula is C13H21NO3. The van der Waals surface area contributed by atoms with Gasteiger partial charge in [0.1, 0.15) is 5.78 Å². The maximum atomic E-state index is 11.3. The van der Waals surface area contributed by atoms with Crippen molar-refractivity contribution in [3.8, 4) is 0 Å². The molecule has 2 fully saturated rings. The van der Waals surface area contributed by atoms with Crippen molar-refractivity contribution in [2.75, 3.05) is 6.54 Å². The van der Waals surface area contributed by atoms with Crippen molar-refractivity contribution >= 4 is 11.9 Å². The average molecular weight is 239 g/mol. The van der Waals surface area contributed by atoms with E-state index in [0.29, 0.717) is 25.2 Å². The zero-order valence-corrected chi connectivity index (χ0v) is 10.8. The molecule has 1 aliphatic carbocycles. The van der Waals surface area contributed by atoms with Crippen LogP contribution in [0.5, 0.6) is 0 Å². The molecular weight excluding hydrogens is 218 g/mol. The summed E-state index contributed by atoms with van der Waals surface area (Å²) in [4.78, 5) is 24.1. The van der Waals surface area contributed by atoms with Gasteiger partial charge in [-0.15, -0.1) is 0 Å². The van der Waals surface area contributed by atoms with Gasteiger partial charge in [-0.3, -0.25) is 4.79 Å². The maximum Gasteiger partial charge on any atom is 0.407 e. The molecule has 96 valence electrons. The van der Waals surface area contributed by atoms with E-state index >= 15 is 0 Å². The molecule has 0 aromatic heterocycles. The summed E-state index contributed by atoms with van der Waals surface area (Å²) in [5.41, 5.74) is 0.00157. The number of ketones is 1. The lowest BCUT2D eigenvalue weighted by Gasteiger charge is -2.62. The predicted octanol–water partition coefficient (Wildman–Crippen LogP) is 2.52. The van der Waals surface area contributed by atoms with Crippen molar-refractivity contribution in [3.63, 3.8) is 0 Å². The Morgan fingerprint density at radius 3 is 2.29 bits per heavy atom. The minimum absolute atomic E-state index is 0.0561. The topological polar surface area (TPSA) is 57.6 Å². The Hall–Kier alpha value is -1.06. The number of carboxylic acid groups (broad SMARTS) is 1. The van der Waals surface area contributed by atoms with Crippen molar-refractivity contribution in [2.24, 2.45) is 10.8 Å². The standard InChI is InChI=1S/C13H21NO3/c1-12(2,3)10-13(8-14(10)11(16)17)6-4-9(15)5-7-13/h10H,4-8H2,1-3H3,(H,16,17). The first-order valence-electron chi connectivity index (χ1n) is 6.28. The molecule has 0 aromatic carbocycles. The summed E-state index contributed by atoms with van der Waals surface area (Å²) in [6, 6.07) is 0.0561. The van der Waals surface area contributed by atoms with E-state index in [1.807, 2.05) is 0 Å². The van der Waals surface area contributed by atoms with Crippen LogP contribution in [0.25, 0.3) is 0 Å². The molecule has 1 aliphatic heterocycles. The van der Waals surface area contributed by atoms with Gasteiger partial charge in [0.15, 0.2) is 0 Å². The summed E-state index contributed by atoms with van der Waals surface area (Å²) >= 11 is 0. The Balaban J connectivity index is 2.20. The Morgan fingerprint density at radius 2 is 1.88 bits per heavy atom. The summed E-state index contributed by atoms with van der Waals surface area (Å²) in [5.74, 6) is 0.331. The molecule has 1 spiro atoms. The Morgan fingerprint density at radius 1 is 1.35 bits per heavy atom. The largest absolute Gasteiger partial charge is 0.465 e. The second-order valence-corrected chi connectivity index (χ2v) is 6.58. The summed E-state index contributed by atoms with van der Waals surface area (Å²) in [6.45, 7) is 6.87. The van der Waals surface area contributed by atoms with Crippen molar-refractivity contribution in [2.45, 2.75) is 52.5 Å². The Kier molecular flexibility index (Phi) is 2.71. The van der Waals surface area contributed by atoms with Gasteiger partial charge in [-0.1, -0.05) is 20.8 Å². The Bertz CT molecular complexity index is 346. The van der Waals surface area contributed by atoms with E-state index in [1.54, 1.807) is 4.90 Å². The fraction of sp³-hybridized carbons (Fsp3) is 0.846. The molecule has 4 nitrogen and oxygen atoms in total. The van der Waals surface area contributed by atoms with E-state index in [2.05, 4.69) is 20.8 Å². The number of rotatable bonds is 0. The first-order valence-corrected chi connectivity index (χ1v) is 6.28. The van der Waals surface area contributed by atoms with Crippen molar-refractivity contribution in [1.29, 1.82) is 0 Å². The number of nitrogens with zero attached hydrogens (tertiary/aromatic N) is 1. The van der Waals surface area contributed by atoms with Crippen LogP contribution in [0.1, 0.15) is 46.5 Å². The minimum atomic E-state index is -0.826. The van der Waals surface area contributed by atoms with Crippen LogP contribution in [0.4, 0.5) is 4.79 Å². The van der Waals surface area contributed by atoms with Crippen LogP contribution in [-0.4, -0.2) is 34.5 Å². The highest BCUT2D eigenvalue weighted by molar-refractivity contribution is 5.79. The average Bonchev–Trinajstić information content (AvgIpc) is 2.13. The van der Waals surface area contributed by atoms with Gasteiger partial charge in [0.05, 0.1) is 0 Å². The minimum Gasteiger partial charge on any atom is -0.465 e. The molecule has 1 saturated carbocycles. The molecule has 1 atom stereocenters. The van der Waals surface area contributed by atoms with Crippen LogP contribution in [0, 0.1) is 10.8 Å². The van der Waals surface area contributed by atoms with E-state index in [0.717, 1.165) is 12.8 Å². The second kappa shape index (κ2) is 3.72. The number of hydrogen-bond acceptors (Lipinski definition) is 2. The number of likely N-dealkylation sites (tertiary alicyclic amines) is 1. The summed E-state index contributed by atoms with van der Waals surface area (Å²) in [7, 11) is 0. The lowest BCUT2D eigenvalue weighted by atomic mass is 9.56. The Labute approximate surface area is 102 Å². The first-order chi connectivity index (χ1) is 7.76. The normalized spacial score (nSPS) is 28.1. The lowest BCUT2D eigenvalue weighted by Crippen LogP contribution is -2.71. The fourth-order valence-corrected chi connectivity index (χ4v) is 3.76. The molecule has 2 aliphatic rings. The second-order valence-electron chi connectivity index (χ2n) is 6.58. The summed E-state index contributed by atoms with van der Waals surface area (Å²) in [5, 5.41) is 9.19. The third-order valence-corrected chi connectivity index (χ3v) is 4.25. The number of carbonyl (C=O) groups excluding carboxylic acids is 1. The smallest absolute Gasteiger partial charge is 0.407 e. The van der Waals surface area contributed by atoms with Gasteiger partial charge in [-0.05, 0) is 18.3 Å². The molecule has 1 heterocycles. The molecule has 0 aromatic rings. The van der Waals surface area contributed by atoms with Gasteiger partial charge in [0.2, 0.25) is 0 Å². The molecule has 17 heavy (non-hydrogen) atoms. The van der Waals surface area contributed by atoms with E-state index in [9.17, 15) is 14.7 Å². The predicted molar refractivity (Wildman–Crippen MR) is 63.9 cm³/mol. The third-order valence-electron chi connectivity index (χ3n) is 4.25. The van der Waals surface area contributed by atoms with Gasteiger partial charge in [0.25, 0.3) is 0 Å². The zero-order valence-electron chi connectivity index (χ0n) is 10.8. The van der Waals surface area contributed by atoms with Crippen LogP contribution >= 0.6 is 0 Å². The van der Waals surface area contributed by atoms with Gasteiger partial charge in [-0.25, -0.2) is 4.79 Å². The number of amides is 1. The molecule has 1 amide bonds. The summed E-state index contributed by atoms with van der Waals surface area (Å²) < 4.78 is 0. The van der Waals surface area contributed by atoms with E-state index in [-0.39, 0.29) is 16.9 Å². The quantitative estimate of drug-likeness (QED) is 0.706. The van der Waals surface area contributed by atoms with E-state index in [4.69, 9.17) is 0 Å². The molecule has 1 saturated heterocycles. The van der Waals surface area contributed by atoms with E-state index in [1.165, 1.54) is 0 Å². The van der Waals surface area contributed by atoms with Crippen LogP contribution < -0.4 is 0 Å². The van der Waals surface area contributed by atoms with Gasteiger partial charge in [0, 0.05) is 30.8 Å². The number of Topliss-reactive ketones (excluding diaryl/α,β-unsaturated/α-hetero) is 1. The van der Waals surface area contributed by atoms with Gasteiger partial charge < -0.3 is 10.0 Å². The van der Waals surface area contributed by atoms with Gasteiger partial charge in [-0.2, -0.15) is 0 Å². The summed E-state index contributed by atoms with van der Waals surface area (Å²) in [6.07, 6.45) is 2.14. The number of hydrogen-bond donors (Lipinski definition) is 1. The third kappa shape index (κ3) is 1.94. The first kappa shape index (κ1) is 12.4. The lowest BCUT2D eigenvalue weighted by molar-refractivity contribution is -0.142. The van der Waals surface area contributed by atoms with Crippen LogP contribution in [0.2, 0.25) is 0 Å². The van der Waals surface area contributed by atoms with Crippen LogP contribution in [0.3, 0.4) is 0 Å². The molecule has 0 bridgehead atoms. The molecule has 1 unspecified atom stereocenters. The number of carbonyl (C=O) groups is 2. The zero-order chi connectivity index (χ0) is 12.8. The monoisotopic (exact) mass is 239 g/mol. The van der Waals surface area contributed by atoms with Crippen LogP contribution in [-0.2, 0) is 4.79 Å². The molecule has 4 heteroatoms. The maximum absolute atomic E-state index is 11.3. The van der Waals surface area contributed by atoms with Crippen molar-refractivity contribution in [1.82, 2.24) is 4.90 Å².